The van der Waals surface area contributed by atoms with E-state index in [1.54, 1.807) is 18.2 Å². The lowest BCUT2D eigenvalue weighted by atomic mass is 10.1. The molecule has 0 bridgehead atoms. The lowest BCUT2D eigenvalue weighted by molar-refractivity contribution is 0.187. The fourth-order valence-corrected chi connectivity index (χ4v) is 2.20. The van der Waals surface area contributed by atoms with E-state index in [0.29, 0.717) is 15.6 Å². The molecule has 8 heteroatoms. The van der Waals surface area contributed by atoms with Gasteiger partial charge >= 0.3 is 6.09 Å². The number of halogens is 2. The van der Waals surface area contributed by atoms with Crippen molar-refractivity contribution in [3.63, 3.8) is 0 Å². The molecule has 2 N–H and O–H groups in total. The lowest BCUT2D eigenvalue weighted by Gasteiger charge is -2.18. The second-order valence-corrected chi connectivity index (χ2v) is 4.60. The Hall–Kier alpha value is -1.79. The Bertz CT molecular complexity index is 574. The van der Waals surface area contributed by atoms with Crippen molar-refractivity contribution in [1.29, 1.82) is 0 Å². The molecular formula is C11H10Cl2N4O2. The van der Waals surface area contributed by atoms with Gasteiger partial charge in [-0.25, -0.2) is 4.79 Å². The number of hydrogen-bond donors (Lipinski definition) is 2. The molecule has 19 heavy (non-hydrogen) atoms. The zero-order chi connectivity index (χ0) is 13.8. The quantitative estimate of drug-likeness (QED) is 0.909. The van der Waals surface area contributed by atoms with Crippen molar-refractivity contribution in [3.05, 3.63) is 46.2 Å². The standard InChI is InChI=1S/C11H10Cl2N4O2/c12-7-1-2-8(9(13)5-7)10(16-11(18)19)6-17-14-3-4-15-17/h1-5,10,16H,6H2,(H,18,19)/t10-/m1/s1. The van der Waals surface area contributed by atoms with Gasteiger partial charge in [0.15, 0.2) is 0 Å². The van der Waals surface area contributed by atoms with E-state index < -0.39 is 12.1 Å². The molecule has 6 nitrogen and oxygen atoms in total. The molecule has 0 fully saturated rings. The molecule has 100 valence electrons. The number of amides is 1. The van der Waals surface area contributed by atoms with E-state index in [4.69, 9.17) is 28.3 Å². The third-order valence-electron chi connectivity index (χ3n) is 2.45. The summed E-state index contributed by atoms with van der Waals surface area (Å²) in [5.74, 6) is 0. The summed E-state index contributed by atoms with van der Waals surface area (Å²) in [6, 6.07) is 4.32. The third-order valence-corrected chi connectivity index (χ3v) is 3.01. The normalized spacial score (nSPS) is 12.1. The monoisotopic (exact) mass is 300 g/mol. The molecule has 0 radical (unpaired) electrons. The van der Waals surface area contributed by atoms with Gasteiger partial charge in [0.05, 0.1) is 25.0 Å². The molecule has 1 atom stereocenters. The van der Waals surface area contributed by atoms with Gasteiger partial charge < -0.3 is 10.4 Å². The number of benzene rings is 1. The molecular weight excluding hydrogens is 291 g/mol. The van der Waals surface area contributed by atoms with Crippen LogP contribution in [0.15, 0.2) is 30.6 Å². The van der Waals surface area contributed by atoms with E-state index in [2.05, 4.69) is 15.5 Å². The van der Waals surface area contributed by atoms with E-state index in [1.807, 2.05) is 0 Å². The molecule has 0 spiro atoms. The molecule has 0 saturated heterocycles. The SMILES string of the molecule is O=C(O)N[C@H](Cn1nccn1)c1ccc(Cl)cc1Cl. The Kier molecular flexibility index (Phi) is 4.24. The van der Waals surface area contributed by atoms with Crippen molar-refractivity contribution in [1.82, 2.24) is 20.3 Å². The lowest BCUT2D eigenvalue weighted by Crippen LogP contribution is -2.30. The number of rotatable bonds is 4. The molecule has 1 heterocycles. The largest absolute Gasteiger partial charge is 0.465 e. The van der Waals surface area contributed by atoms with Crippen molar-refractivity contribution in [3.8, 4) is 0 Å². The molecule has 1 aromatic heterocycles. The zero-order valence-corrected chi connectivity index (χ0v) is 11.1. The Labute approximate surface area is 118 Å². The van der Waals surface area contributed by atoms with Crippen LogP contribution >= 0.6 is 23.2 Å². The van der Waals surface area contributed by atoms with Gasteiger partial charge in [-0.1, -0.05) is 29.3 Å². The second-order valence-electron chi connectivity index (χ2n) is 3.75. The second kappa shape index (κ2) is 5.90. The van der Waals surface area contributed by atoms with Crippen molar-refractivity contribution in [2.24, 2.45) is 0 Å². The average molecular weight is 301 g/mol. The highest BCUT2D eigenvalue weighted by Crippen LogP contribution is 2.27. The van der Waals surface area contributed by atoms with Crippen LogP contribution in [0.5, 0.6) is 0 Å². The maximum atomic E-state index is 10.9. The van der Waals surface area contributed by atoms with Gasteiger partial charge in [-0.05, 0) is 17.7 Å². The van der Waals surface area contributed by atoms with Crippen LogP contribution in [0, 0.1) is 0 Å². The van der Waals surface area contributed by atoms with E-state index in [0.717, 1.165) is 0 Å². The maximum absolute atomic E-state index is 10.9. The number of aromatic nitrogens is 3. The summed E-state index contributed by atoms with van der Waals surface area (Å²) in [6.45, 7) is 0.237. The molecule has 2 rings (SSSR count). The summed E-state index contributed by atoms with van der Waals surface area (Å²) in [6.07, 6.45) is 1.88. The first-order valence-electron chi connectivity index (χ1n) is 5.35. The Balaban J connectivity index is 2.28. The van der Waals surface area contributed by atoms with Crippen LogP contribution in [-0.2, 0) is 6.54 Å². The minimum atomic E-state index is -1.15. The summed E-state index contributed by atoms with van der Waals surface area (Å²) < 4.78 is 0. The molecule has 0 saturated carbocycles. The summed E-state index contributed by atoms with van der Waals surface area (Å²) in [4.78, 5) is 12.2. The first-order chi connectivity index (χ1) is 9.06. The van der Waals surface area contributed by atoms with Crippen LogP contribution in [0.1, 0.15) is 11.6 Å². The van der Waals surface area contributed by atoms with Gasteiger partial charge in [0.1, 0.15) is 0 Å². The van der Waals surface area contributed by atoms with Gasteiger partial charge in [0.2, 0.25) is 0 Å². The average Bonchev–Trinajstić information content (AvgIpc) is 2.80. The fraction of sp³-hybridized carbons (Fsp3) is 0.182. The van der Waals surface area contributed by atoms with E-state index in [9.17, 15) is 4.79 Å². The molecule has 0 aliphatic heterocycles. The van der Waals surface area contributed by atoms with Gasteiger partial charge in [0, 0.05) is 10.0 Å². The molecule has 2 aromatic rings. The van der Waals surface area contributed by atoms with Crippen molar-refractivity contribution < 1.29 is 9.90 Å². The molecule has 0 aliphatic carbocycles. The van der Waals surface area contributed by atoms with Crippen molar-refractivity contribution in [2.45, 2.75) is 12.6 Å². The summed E-state index contributed by atoms with van der Waals surface area (Å²) in [7, 11) is 0. The van der Waals surface area contributed by atoms with Gasteiger partial charge in [-0.3, -0.25) is 0 Å². The van der Waals surface area contributed by atoms with E-state index in [1.165, 1.54) is 17.2 Å². The smallest absolute Gasteiger partial charge is 0.405 e. The molecule has 1 amide bonds. The van der Waals surface area contributed by atoms with Crippen molar-refractivity contribution >= 4 is 29.3 Å². The summed E-state index contributed by atoms with van der Waals surface area (Å²) in [5, 5.41) is 20.0. The zero-order valence-electron chi connectivity index (χ0n) is 9.62. The third kappa shape index (κ3) is 3.59. The van der Waals surface area contributed by atoms with Crippen LogP contribution in [0.4, 0.5) is 4.79 Å². The first-order valence-corrected chi connectivity index (χ1v) is 6.10. The summed E-state index contributed by atoms with van der Waals surface area (Å²) in [5.41, 5.74) is 0.616. The predicted octanol–water partition coefficient (Wildman–Crippen LogP) is 2.59. The van der Waals surface area contributed by atoms with Gasteiger partial charge in [-0.2, -0.15) is 15.0 Å². The number of hydrogen-bond acceptors (Lipinski definition) is 3. The van der Waals surface area contributed by atoms with Crippen LogP contribution in [0.2, 0.25) is 10.0 Å². The van der Waals surface area contributed by atoms with Crippen LogP contribution < -0.4 is 5.32 Å². The van der Waals surface area contributed by atoms with E-state index in [-0.39, 0.29) is 6.54 Å². The minimum Gasteiger partial charge on any atom is -0.465 e. The molecule has 0 aliphatic rings. The summed E-state index contributed by atoms with van der Waals surface area (Å²) >= 11 is 11.9. The highest BCUT2D eigenvalue weighted by Gasteiger charge is 2.18. The molecule has 1 aromatic carbocycles. The predicted molar refractivity (Wildman–Crippen MR) is 70.4 cm³/mol. The Morgan fingerprint density at radius 1 is 1.37 bits per heavy atom. The van der Waals surface area contributed by atoms with Gasteiger partial charge in [0.25, 0.3) is 0 Å². The Morgan fingerprint density at radius 2 is 2.05 bits per heavy atom. The van der Waals surface area contributed by atoms with Crippen LogP contribution in [0.3, 0.4) is 0 Å². The molecule has 0 unspecified atom stereocenters. The topological polar surface area (TPSA) is 80.0 Å². The Morgan fingerprint density at radius 3 is 2.63 bits per heavy atom. The highest BCUT2D eigenvalue weighted by molar-refractivity contribution is 6.35. The highest BCUT2D eigenvalue weighted by atomic mass is 35.5. The maximum Gasteiger partial charge on any atom is 0.405 e. The number of carboxylic acid groups (broad SMARTS) is 1. The minimum absolute atomic E-state index is 0.237. The number of nitrogens with zero attached hydrogens (tertiary/aromatic N) is 3. The van der Waals surface area contributed by atoms with Crippen LogP contribution in [-0.4, -0.2) is 26.2 Å². The van der Waals surface area contributed by atoms with Crippen LogP contribution in [0.25, 0.3) is 0 Å². The first kappa shape index (κ1) is 13.6. The number of carbonyl (C=O) groups is 1. The van der Waals surface area contributed by atoms with E-state index >= 15 is 0 Å². The fourth-order valence-electron chi connectivity index (χ4n) is 1.66. The number of nitrogens with one attached hydrogen (secondary N) is 1. The van der Waals surface area contributed by atoms with Crippen molar-refractivity contribution in [2.75, 3.05) is 0 Å². The van der Waals surface area contributed by atoms with Gasteiger partial charge in [-0.15, -0.1) is 0 Å².